The van der Waals surface area contributed by atoms with Gasteiger partial charge in [-0.25, -0.2) is 10.1 Å². The summed E-state index contributed by atoms with van der Waals surface area (Å²) in [5.74, 6) is 0.281. The fourth-order valence-corrected chi connectivity index (χ4v) is 2.91. The molecule has 0 atom stereocenters. The average Bonchev–Trinajstić information content (AvgIpc) is 2.94. The SMILES string of the molecule is Cc1cccc(OCC(=O)NN=Cc2c(C)nn(Cc3ccccc3)c2Cl)c1. The van der Waals surface area contributed by atoms with Crippen LogP contribution >= 0.6 is 11.6 Å². The molecule has 7 heteroatoms. The van der Waals surface area contributed by atoms with Crippen LogP contribution in [-0.4, -0.2) is 28.5 Å². The Balaban J connectivity index is 1.57. The lowest BCUT2D eigenvalue weighted by atomic mass is 10.2. The van der Waals surface area contributed by atoms with Crippen molar-refractivity contribution in [1.82, 2.24) is 15.2 Å². The van der Waals surface area contributed by atoms with Gasteiger partial charge >= 0.3 is 0 Å². The van der Waals surface area contributed by atoms with Gasteiger partial charge in [0.1, 0.15) is 10.9 Å². The highest BCUT2D eigenvalue weighted by Crippen LogP contribution is 2.19. The van der Waals surface area contributed by atoms with Gasteiger partial charge in [0.05, 0.1) is 24.0 Å². The molecular formula is C21H21ClN4O2. The summed E-state index contributed by atoms with van der Waals surface area (Å²) in [5.41, 5.74) is 5.99. The second-order valence-corrected chi connectivity index (χ2v) is 6.69. The van der Waals surface area contributed by atoms with Gasteiger partial charge in [-0.15, -0.1) is 0 Å². The van der Waals surface area contributed by atoms with E-state index < -0.39 is 0 Å². The molecule has 1 aromatic heterocycles. The normalized spacial score (nSPS) is 11.0. The molecule has 0 saturated carbocycles. The Morgan fingerprint density at radius 2 is 2.00 bits per heavy atom. The first-order chi connectivity index (χ1) is 13.5. The number of nitrogens with zero attached hydrogens (tertiary/aromatic N) is 3. The van der Waals surface area contributed by atoms with Crippen molar-refractivity contribution in [3.8, 4) is 5.75 Å². The van der Waals surface area contributed by atoms with Crippen LogP contribution in [0.5, 0.6) is 5.75 Å². The molecule has 0 saturated heterocycles. The molecule has 1 amide bonds. The summed E-state index contributed by atoms with van der Waals surface area (Å²) < 4.78 is 7.15. The number of rotatable bonds is 7. The zero-order valence-corrected chi connectivity index (χ0v) is 16.5. The van der Waals surface area contributed by atoms with Crippen molar-refractivity contribution < 1.29 is 9.53 Å². The van der Waals surface area contributed by atoms with Gasteiger partial charge in [0.15, 0.2) is 6.61 Å². The summed E-state index contributed by atoms with van der Waals surface area (Å²) in [6.07, 6.45) is 1.50. The molecule has 0 fully saturated rings. The molecule has 144 valence electrons. The largest absolute Gasteiger partial charge is 0.484 e. The lowest BCUT2D eigenvalue weighted by Gasteiger charge is -2.05. The Labute approximate surface area is 168 Å². The molecule has 3 aromatic rings. The summed E-state index contributed by atoms with van der Waals surface area (Å²) >= 11 is 6.42. The first kappa shape index (κ1) is 19.6. The van der Waals surface area contributed by atoms with E-state index in [0.29, 0.717) is 23.0 Å². The fourth-order valence-electron chi connectivity index (χ4n) is 2.63. The molecule has 0 bridgehead atoms. The molecule has 0 aliphatic heterocycles. The third kappa shape index (κ3) is 5.20. The number of halogens is 1. The lowest BCUT2D eigenvalue weighted by molar-refractivity contribution is -0.123. The van der Waals surface area contributed by atoms with Crippen LogP contribution in [0.4, 0.5) is 0 Å². The number of ether oxygens (including phenoxy) is 1. The zero-order valence-electron chi connectivity index (χ0n) is 15.7. The maximum atomic E-state index is 11.9. The Morgan fingerprint density at radius 3 is 2.75 bits per heavy atom. The molecular weight excluding hydrogens is 376 g/mol. The second kappa shape index (κ2) is 9.19. The second-order valence-electron chi connectivity index (χ2n) is 6.33. The van der Waals surface area contributed by atoms with Crippen LogP contribution in [0.15, 0.2) is 59.7 Å². The van der Waals surface area contributed by atoms with E-state index in [1.165, 1.54) is 6.21 Å². The maximum absolute atomic E-state index is 11.9. The maximum Gasteiger partial charge on any atom is 0.277 e. The van der Waals surface area contributed by atoms with Crippen LogP contribution in [0.25, 0.3) is 0 Å². The summed E-state index contributed by atoms with van der Waals surface area (Å²) in [5, 5.41) is 8.88. The molecule has 1 N–H and O–H groups in total. The molecule has 0 unspecified atom stereocenters. The Hall–Kier alpha value is -3.12. The summed E-state index contributed by atoms with van der Waals surface area (Å²) in [7, 11) is 0. The van der Waals surface area contributed by atoms with Crippen LogP contribution in [-0.2, 0) is 11.3 Å². The van der Waals surface area contributed by atoms with Gasteiger partial charge in [-0.05, 0) is 37.1 Å². The third-order valence-corrected chi connectivity index (χ3v) is 4.43. The minimum absolute atomic E-state index is 0.124. The van der Waals surface area contributed by atoms with Gasteiger partial charge in [-0.2, -0.15) is 10.2 Å². The number of amides is 1. The Morgan fingerprint density at radius 1 is 1.21 bits per heavy atom. The summed E-state index contributed by atoms with van der Waals surface area (Å²) in [6, 6.07) is 17.4. The molecule has 2 aromatic carbocycles. The van der Waals surface area contributed by atoms with E-state index in [2.05, 4.69) is 15.6 Å². The van der Waals surface area contributed by atoms with Crippen LogP contribution in [0.3, 0.4) is 0 Å². The molecule has 0 spiro atoms. The highest BCUT2D eigenvalue weighted by Gasteiger charge is 2.12. The molecule has 28 heavy (non-hydrogen) atoms. The van der Waals surface area contributed by atoms with Gasteiger partial charge in [0.2, 0.25) is 0 Å². The van der Waals surface area contributed by atoms with Crippen molar-refractivity contribution in [3.05, 3.63) is 82.1 Å². The number of hydrogen-bond donors (Lipinski definition) is 1. The number of hydrogen-bond acceptors (Lipinski definition) is 4. The molecule has 3 rings (SSSR count). The predicted molar refractivity (Wildman–Crippen MR) is 110 cm³/mol. The number of aromatic nitrogens is 2. The van der Waals surface area contributed by atoms with Gasteiger partial charge in [-0.3, -0.25) is 4.79 Å². The van der Waals surface area contributed by atoms with Crippen molar-refractivity contribution in [3.63, 3.8) is 0 Å². The predicted octanol–water partition coefficient (Wildman–Crippen LogP) is 3.73. The molecule has 1 heterocycles. The fraction of sp³-hybridized carbons (Fsp3) is 0.190. The van der Waals surface area contributed by atoms with Crippen molar-refractivity contribution in [2.75, 3.05) is 6.61 Å². The monoisotopic (exact) mass is 396 g/mol. The van der Waals surface area contributed by atoms with Crippen molar-refractivity contribution >= 4 is 23.7 Å². The zero-order chi connectivity index (χ0) is 19.9. The number of nitrogens with one attached hydrogen (secondary N) is 1. The number of carbonyl (C=O) groups is 1. The van der Waals surface area contributed by atoms with Crippen LogP contribution < -0.4 is 10.2 Å². The molecule has 0 aliphatic carbocycles. The number of hydrazone groups is 1. The summed E-state index contributed by atoms with van der Waals surface area (Å²) in [6.45, 7) is 4.24. The lowest BCUT2D eigenvalue weighted by Crippen LogP contribution is -2.24. The highest BCUT2D eigenvalue weighted by atomic mass is 35.5. The molecule has 0 aliphatic rings. The number of aryl methyl sites for hydroxylation is 2. The van der Waals surface area contributed by atoms with E-state index in [1.54, 1.807) is 10.7 Å². The van der Waals surface area contributed by atoms with Gasteiger partial charge in [0, 0.05) is 0 Å². The van der Waals surface area contributed by atoms with Crippen molar-refractivity contribution in [2.24, 2.45) is 5.10 Å². The van der Waals surface area contributed by atoms with Crippen molar-refractivity contribution in [1.29, 1.82) is 0 Å². The van der Waals surface area contributed by atoms with Gasteiger partial charge in [0.25, 0.3) is 5.91 Å². The van der Waals surface area contributed by atoms with Gasteiger partial charge in [-0.1, -0.05) is 54.1 Å². The first-order valence-corrected chi connectivity index (χ1v) is 9.19. The van der Waals surface area contributed by atoms with E-state index in [-0.39, 0.29) is 12.5 Å². The van der Waals surface area contributed by atoms with Crippen molar-refractivity contribution in [2.45, 2.75) is 20.4 Å². The van der Waals surface area contributed by atoms with E-state index in [4.69, 9.17) is 16.3 Å². The standard InChI is InChI=1S/C21H21ClN4O2/c1-15-7-6-10-18(11-15)28-14-20(27)24-23-12-19-16(2)25-26(21(19)22)13-17-8-4-3-5-9-17/h3-12H,13-14H2,1-2H3,(H,24,27). The Bertz CT molecular complexity index is 983. The topological polar surface area (TPSA) is 68.5 Å². The average molecular weight is 397 g/mol. The molecule has 0 radical (unpaired) electrons. The van der Waals surface area contributed by atoms with Crippen LogP contribution in [0.2, 0.25) is 5.15 Å². The Kier molecular flexibility index (Phi) is 6.45. The number of benzene rings is 2. The van der Waals surface area contributed by atoms with E-state index in [0.717, 1.165) is 16.8 Å². The summed E-state index contributed by atoms with van der Waals surface area (Å²) in [4.78, 5) is 11.9. The third-order valence-electron chi connectivity index (χ3n) is 4.03. The minimum atomic E-state index is -0.358. The minimum Gasteiger partial charge on any atom is -0.484 e. The van der Waals surface area contributed by atoms with E-state index in [1.807, 2.05) is 62.4 Å². The van der Waals surface area contributed by atoms with E-state index >= 15 is 0 Å². The highest BCUT2D eigenvalue weighted by molar-refractivity contribution is 6.32. The molecule has 6 nitrogen and oxygen atoms in total. The smallest absolute Gasteiger partial charge is 0.277 e. The van der Waals surface area contributed by atoms with Crippen LogP contribution in [0.1, 0.15) is 22.4 Å². The quantitative estimate of drug-likeness (QED) is 0.488. The van der Waals surface area contributed by atoms with E-state index in [9.17, 15) is 4.79 Å². The number of carbonyl (C=O) groups excluding carboxylic acids is 1. The first-order valence-electron chi connectivity index (χ1n) is 8.81. The van der Waals surface area contributed by atoms with Gasteiger partial charge < -0.3 is 4.74 Å². The van der Waals surface area contributed by atoms with Crippen LogP contribution in [0, 0.1) is 13.8 Å².